The molecule has 2 aromatic rings. The summed E-state index contributed by atoms with van der Waals surface area (Å²) < 4.78 is 46.6. The Bertz CT molecular complexity index is 820. The maximum absolute atomic E-state index is 12.5. The van der Waals surface area contributed by atoms with Gasteiger partial charge in [-0.2, -0.15) is 5.48 Å². The lowest BCUT2D eigenvalue weighted by Crippen LogP contribution is -2.73. The van der Waals surface area contributed by atoms with Crippen LogP contribution in [0.5, 0.6) is 5.88 Å². The Morgan fingerprint density at radius 2 is 1.89 bits per heavy atom. The average Bonchev–Trinajstić information content (AvgIpc) is 2.59. The van der Waals surface area contributed by atoms with E-state index in [9.17, 15) is 23.1 Å². The van der Waals surface area contributed by atoms with Gasteiger partial charge in [0, 0.05) is 36.7 Å². The monoisotopic (exact) mass is 385 g/mol. The second-order valence-electron chi connectivity index (χ2n) is 6.12. The van der Waals surface area contributed by atoms with Crippen molar-refractivity contribution in [2.75, 3.05) is 0 Å². The Morgan fingerprint density at radius 1 is 1.22 bits per heavy atom. The maximum Gasteiger partial charge on any atom is 0.574 e. The first-order valence-electron chi connectivity index (χ1n) is 7.92. The standard InChI is InChI=1S/C17H15F3N2O5/c18-17(19,20)27-14-13(2-1-7-21-14)16(24)8-12(9-16)26-15(23)10-3-5-11(22-25)6-4-10/h1-7,12,22,24-25H,8-9H2/p+1. The number of carbonyl (C=O) groups is 1. The van der Waals surface area contributed by atoms with Gasteiger partial charge in [-0.1, -0.05) is 0 Å². The number of ether oxygens (including phenoxy) is 2. The van der Waals surface area contributed by atoms with Crippen molar-refractivity contribution in [1.29, 1.82) is 0 Å². The average molecular weight is 385 g/mol. The molecule has 10 heteroatoms. The summed E-state index contributed by atoms with van der Waals surface area (Å²) >= 11 is 0. The van der Waals surface area contributed by atoms with Crippen molar-refractivity contribution in [1.82, 2.24) is 4.98 Å². The molecule has 0 atom stereocenters. The number of quaternary nitrogens is 1. The smallest absolute Gasteiger partial charge is 0.459 e. The van der Waals surface area contributed by atoms with Gasteiger partial charge in [0.2, 0.25) is 5.88 Å². The number of nitrogens with zero attached hydrogens (tertiary/aromatic N) is 1. The Morgan fingerprint density at radius 3 is 2.48 bits per heavy atom. The Hall–Kier alpha value is -2.69. The van der Waals surface area contributed by atoms with Crippen molar-refractivity contribution in [2.45, 2.75) is 30.9 Å². The molecule has 0 aliphatic heterocycles. The molecule has 27 heavy (non-hydrogen) atoms. The molecule has 0 spiro atoms. The number of alkyl halides is 3. The summed E-state index contributed by atoms with van der Waals surface area (Å²) in [4.78, 5) is 15.6. The van der Waals surface area contributed by atoms with E-state index in [2.05, 4.69) is 9.72 Å². The predicted octanol–water partition coefficient (Wildman–Crippen LogP) is 1.77. The number of hydrogen-bond acceptors (Lipinski definition) is 6. The molecule has 4 N–H and O–H groups in total. The van der Waals surface area contributed by atoms with Gasteiger partial charge in [0.05, 0.1) is 5.56 Å². The minimum absolute atomic E-state index is 0.0822. The van der Waals surface area contributed by atoms with Gasteiger partial charge < -0.3 is 14.6 Å². The number of carbonyl (C=O) groups excluding carboxylic acids is 1. The third kappa shape index (κ3) is 4.35. The normalized spacial score (nSPS) is 22.0. The van der Waals surface area contributed by atoms with Crippen LogP contribution in [0.4, 0.5) is 18.9 Å². The van der Waals surface area contributed by atoms with Gasteiger partial charge in [-0.05, 0) is 24.3 Å². The third-order valence-electron chi connectivity index (χ3n) is 4.18. The van der Waals surface area contributed by atoms with Crippen molar-refractivity contribution in [3.63, 3.8) is 0 Å². The molecule has 1 fully saturated rings. The Balaban J connectivity index is 1.65. The summed E-state index contributed by atoms with van der Waals surface area (Å²) in [5, 5.41) is 19.4. The number of nitrogens with two attached hydrogens (primary N) is 1. The Labute approximate surface area is 151 Å². The van der Waals surface area contributed by atoms with Crippen molar-refractivity contribution in [3.8, 4) is 5.88 Å². The van der Waals surface area contributed by atoms with E-state index >= 15 is 0 Å². The Kier molecular flexibility index (Phi) is 5.05. The molecule has 7 nitrogen and oxygen atoms in total. The van der Waals surface area contributed by atoms with Crippen LogP contribution in [0.15, 0.2) is 42.6 Å². The van der Waals surface area contributed by atoms with E-state index in [0.717, 1.165) is 11.7 Å². The number of aromatic nitrogens is 1. The van der Waals surface area contributed by atoms with E-state index in [4.69, 9.17) is 9.94 Å². The number of benzene rings is 1. The summed E-state index contributed by atoms with van der Waals surface area (Å²) in [7, 11) is 0. The first-order valence-corrected chi connectivity index (χ1v) is 7.92. The second kappa shape index (κ2) is 7.14. The van der Waals surface area contributed by atoms with Gasteiger partial charge in [-0.25, -0.2) is 15.0 Å². The van der Waals surface area contributed by atoms with Crippen LogP contribution in [0, 0.1) is 0 Å². The molecular weight excluding hydrogens is 369 g/mol. The third-order valence-corrected chi connectivity index (χ3v) is 4.18. The zero-order chi connectivity index (χ0) is 19.7. The predicted molar refractivity (Wildman–Crippen MR) is 83.1 cm³/mol. The molecule has 0 amide bonds. The van der Waals surface area contributed by atoms with E-state index < -0.39 is 29.9 Å². The van der Waals surface area contributed by atoms with Crippen LogP contribution < -0.4 is 10.2 Å². The lowest BCUT2D eigenvalue weighted by Gasteiger charge is -2.43. The highest BCUT2D eigenvalue weighted by Gasteiger charge is 2.49. The van der Waals surface area contributed by atoms with E-state index in [1.165, 1.54) is 36.4 Å². The quantitative estimate of drug-likeness (QED) is 0.412. The SMILES string of the molecule is O=C(OC1CC(O)(c2cccnc2OC(F)(F)F)C1)c1ccc([NH2+]O)cc1. The van der Waals surface area contributed by atoms with Crippen LogP contribution in [0.1, 0.15) is 28.8 Å². The minimum atomic E-state index is -4.94. The van der Waals surface area contributed by atoms with Crippen molar-refractivity contribution < 1.29 is 43.2 Å². The molecule has 1 aromatic heterocycles. The van der Waals surface area contributed by atoms with Gasteiger partial charge in [0.1, 0.15) is 11.7 Å². The highest BCUT2D eigenvalue weighted by atomic mass is 19.4. The summed E-state index contributed by atoms with van der Waals surface area (Å²) in [5.74, 6) is -1.36. The number of esters is 1. The largest absolute Gasteiger partial charge is 0.574 e. The van der Waals surface area contributed by atoms with Gasteiger partial charge in [-0.3, -0.25) is 0 Å². The van der Waals surface area contributed by atoms with Crippen LogP contribution in [0.3, 0.4) is 0 Å². The van der Waals surface area contributed by atoms with Gasteiger partial charge in [0.15, 0.2) is 5.69 Å². The summed E-state index contributed by atoms with van der Waals surface area (Å²) in [6.07, 6.45) is -4.64. The van der Waals surface area contributed by atoms with Crippen molar-refractivity contribution >= 4 is 11.7 Å². The molecule has 0 unspecified atom stereocenters. The summed E-state index contributed by atoms with van der Waals surface area (Å²) in [6.45, 7) is 0. The van der Waals surface area contributed by atoms with Crippen LogP contribution in [-0.4, -0.2) is 33.7 Å². The van der Waals surface area contributed by atoms with E-state index in [0.29, 0.717) is 5.69 Å². The molecule has 1 aliphatic rings. The zero-order valence-corrected chi connectivity index (χ0v) is 13.8. The number of pyridine rings is 1. The van der Waals surface area contributed by atoms with Gasteiger partial charge >= 0.3 is 12.3 Å². The lowest BCUT2D eigenvalue weighted by atomic mass is 9.73. The number of rotatable bonds is 5. The van der Waals surface area contributed by atoms with Crippen molar-refractivity contribution in [2.24, 2.45) is 0 Å². The van der Waals surface area contributed by atoms with E-state index in [-0.39, 0.29) is 24.0 Å². The number of aliphatic hydroxyl groups is 1. The molecular formula is C17H16F3N2O5+. The molecule has 0 radical (unpaired) electrons. The van der Waals surface area contributed by atoms with Gasteiger partial charge in [-0.15, -0.1) is 13.2 Å². The first kappa shape index (κ1) is 19.1. The molecule has 0 saturated heterocycles. The molecule has 1 heterocycles. The lowest BCUT2D eigenvalue weighted by molar-refractivity contribution is -0.825. The van der Waals surface area contributed by atoms with E-state index in [1.807, 2.05) is 0 Å². The molecule has 3 rings (SSSR count). The van der Waals surface area contributed by atoms with Gasteiger partial charge in [0.25, 0.3) is 0 Å². The highest BCUT2D eigenvalue weighted by Crippen LogP contribution is 2.46. The van der Waals surface area contributed by atoms with Crippen LogP contribution >= 0.6 is 0 Å². The fourth-order valence-corrected chi connectivity index (χ4v) is 2.86. The van der Waals surface area contributed by atoms with E-state index in [1.54, 1.807) is 0 Å². The summed E-state index contributed by atoms with van der Waals surface area (Å²) in [5.41, 5.74) is -0.0974. The molecule has 1 saturated carbocycles. The molecule has 0 bridgehead atoms. The molecule has 1 aliphatic carbocycles. The van der Waals surface area contributed by atoms with Crippen LogP contribution in [-0.2, 0) is 10.3 Å². The van der Waals surface area contributed by atoms with Crippen LogP contribution in [0.25, 0.3) is 0 Å². The fraction of sp³-hybridized carbons (Fsp3) is 0.294. The number of halogens is 3. The fourth-order valence-electron chi connectivity index (χ4n) is 2.86. The molecule has 144 valence electrons. The maximum atomic E-state index is 12.5. The van der Waals surface area contributed by atoms with Crippen molar-refractivity contribution in [3.05, 3.63) is 53.7 Å². The first-order chi connectivity index (χ1) is 12.7. The minimum Gasteiger partial charge on any atom is -0.459 e. The van der Waals surface area contributed by atoms with Crippen LogP contribution in [0.2, 0.25) is 0 Å². The topological polar surface area (TPSA) is 105 Å². The highest BCUT2D eigenvalue weighted by molar-refractivity contribution is 5.89. The second-order valence-corrected chi connectivity index (χ2v) is 6.12. The zero-order valence-electron chi connectivity index (χ0n) is 13.8. The summed E-state index contributed by atoms with van der Waals surface area (Å²) in [6, 6.07) is 8.64. The molecule has 1 aromatic carbocycles. The number of hydrogen-bond donors (Lipinski definition) is 3.